The number of likely N-dealkylation sites (N-methyl/N-ethyl adjacent to an activating group) is 1. The number of sulfonamides is 1. The third kappa shape index (κ3) is 4.82. The SMILES string of the molecule is CN(CC(=O)Nc1cccc(F)c1)C(=O)[C@H]1CCCN1S(=O)(=O)c1ccc(F)cc1. The maximum Gasteiger partial charge on any atom is 0.243 e. The van der Waals surface area contributed by atoms with Gasteiger partial charge in [0, 0.05) is 19.3 Å². The molecular formula is C20H21F2N3O4S. The van der Waals surface area contributed by atoms with Crippen LogP contribution < -0.4 is 5.32 Å². The molecule has 7 nitrogen and oxygen atoms in total. The van der Waals surface area contributed by atoms with Crippen LogP contribution in [0.1, 0.15) is 12.8 Å². The first-order chi connectivity index (χ1) is 14.2. The summed E-state index contributed by atoms with van der Waals surface area (Å²) in [4.78, 5) is 26.1. The van der Waals surface area contributed by atoms with Gasteiger partial charge in [-0.25, -0.2) is 17.2 Å². The fourth-order valence-electron chi connectivity index (χ4n) is 3.33. The van der Waals surface area contributed by atoms with Crippen LogP contribution in [0.4, 0.5) is 14.5 Å². The van der Waals surface area contributed by atoms with Crippen molar-refractivity contribution in [2.45, 2.75) is 23.8 Å². The van der Waals surface area contributed by atoms with E-state index in [-0.39, 0.29) is 23.7 Å². The molecule has 1 fully saturated rings. The molecule has 0 radical (unpaired) electrons. The molecule has 30 heavy (non-hydrogen) atoms. The molecule has 2 aromatic rings. The fourth-order valence-corrected chi connectivity index (χ4v) is 4.98. The first kappa shape index (κ1) is 21.8. The molecule has 2 amide bonds. The minimum Gasteiger partial charge on any atom is -0.335 e. The van der Waals surface area contributed by atoms with Crippen molar-refractivity contribution >= 4 is 27.5 Å². The van der Waals surface area contributed by atoms with E-state index >= 15 is 0 Å². The Morgan fingerprint density at radius 3 is 2.50 bits per heavy atom. The van der Waals surface area contributed by atoms with E-state index in [1.54, 1.807) is 0 Å². The maximum atomic E-state index is 13.2. The molecule has 10 heteroatoms. The van der Waals surface area contributed by atoms with Crippen molar-refractivity contribution in [2.75, 3.05) is 25.5 Å². The number of halogens is 2. The minimum atomic E-state index is -3.99. The van der Waals surface area contributed by atoms with Gasteiger partial charge in [-0.15, -0.1) is 0 Å². The first-order valence-electron chi connectivity index (χ1n) is 9.26. The number of anilines is 1. The van der Waals surface area contributed by atoms with Gasteiger partial charge in [-0.05, 0) is 55.3 Å². The third-order valence-corrected chi connectivity index (χ3v) is 6.70. The van der Waals surface area contributed by atoms with E-state index in [2.05, 4.69) is 5.32 Å². The van der Waals surface area contributed by atoms with Crippen molar-refractivity contribution in [3.63, 3.8) is 0 Å². The molecule has 0 spiro atoms. The van der Waals surface area contributed by atoms with Gasteiger partial charge >= 0.3 is 0 Å². The van der Waals surface area contributed by atoms with Crippen LogP contribution in [0.3, 0.4) is 0 Å². The molecule has 1 heterocycles. The van der Waals surface area contributed by atoms with Gasteiger partial charge in [-0.3, -0.25) is 9.59 Å². The Morgan fingerprint density at radius 2 is 1.83 bits per heavy atom. The van der Waals surface area contributed by atoms with E-state index in [1.807, 2.05) is 0 Å². The van der Waals surface area contributed by atoms with Crippen LogP contribution in [0.2, 0.25) is 0 Å². The molecule has 1 aliphatic heterocycles. The monoisotopic (exact) mass is 437 g/mol. The highest BCUT2D eigenvalue weighted by Crippen LogP contribution is 2.27. The molecule has 1 atom stereocenters. The van der Waals surface area contributed by atoms with Crippen molar-refractivity contribution in [3.8, 4) is 0 Å². The molecule has 1 saturated heterocycles. The Morgan fingerprint density at radius 1 is 1.13 bits per heavy atom. The number of nitrogens with zero attached hydrogens (tertiary/aromatic N) is 2. The quantitative estimate of drug-likeness (QED) is 0.751. The van der Waals surface area contributed by atoms with Crippen LogP contribution in [0, 0.1) is 11.6 Å². The Labute approximate surface area is 173 Å². The lowest BCUT2D eigenvalue weighted by molar-refractivity contribution is -0.136. The summed E-state index contributed by atoms with van der Waals surface area (Å²) >= 11 is 0. The Kier molecular flexibility index (Phi) is 6.47. The van der Waals surface area contributed by atoms with Gasteiger partial charge in [-0.2, -0.15) is 4.31 Å². The van der Waals surface area contributed by atoms with Crippen LogP contribution in [0.25, 0.3) is 0 Å². The largest absolute Gasteiger partial charge is 0.335 e. The number of carbonyl (C=O) groups is 2. The second-order valence-electron chi connectivity index (χ2n) is 6.98. The lowest BCUT2D eigenvalue weighted by Gasteiger charge is -2.27. The zero-order valence-corrected chi connectivity index (χ0v) is 17.0. The molecule has 3 rings (SSSR count). The van der Waals surface area contributed by atoms with E-state index in [0.717, 1.165) is 39.5 Å². The highest BCUT2D eigenvalue weighted by Gasteiger charge is 2.40. The van der Waals surface area contributed by atoms with Crippen LogP contribution in [0.5, 0.6) is 0 Å². The number of carbonyl (C=O) groups excluding carboxylic acids is 2. The van der Waals surface area contributed by atoms with E-state index in [4.69, 9.17) is 0 Å². The molecule has 160 valence electrons. The van der Waals surface area contributed by atoms with Gasteiger partial charge in [0.25, 0.3) is 0 Å². The molecule has 0 bridgehead atoms. The zero-order valence-electron chi connectivity index (χ0n) is 16.2. The molecule has 1 aliphatic rings. The second-order valence-corrected chi connectivity index (χ2v) is 8.87. The standard InChI is InChI=1S/C20H21F2N3O4S/c1-24(13-19(26)23-16-5-2-4-15(22)12-16)20(27)18-6-3-11-25(18)30(28,29)17-9-7-14(21)8-10-17/h2,4-5,7-10,12,18H,3,6,11,13H2,1H3,(H,23,26)/t18-/m1/s1. The lowest BCUT2D eigenvalue weighted by Crippen LogP contribution is -2.48. The van der Waals surface area contributed by atoms with Crippen LogP contribution in [0.15, 0.2) is 53.4 Å². The van der Waals surface area contributed by atoms with Crippen molar-refractivity contribution in [1.82, 2.24) is 9.21 Å². The topological polar surface area (TPSA) is 86.8 Å². The Balaban J connectivity index is 1.68. The van der Waals surface area contributed by atoms with E-state index in [1.165, 1.54) is 25.2 Å². The fraction of sp³-hybridized carbons (Fsp3) is 0.300. The average Bonchev–Trinajstić information content (AvgIpc) is 3.18. The van der Waals surface area contributed by atoms with E-state index < -0.39 is 39.5 Å². The Bertz CT molecular complexity index is 1040. The molecule has 2 aromatic carbocycles. The van der Waals surface area contributed by atoms with Gasteiger partial charge in [-0.1, -0.05) is 6.07 Å². The molecule has 1 N–H and O–H groups in total. The van der Waals surface area contributed by atoms with Crippen LogP contribution in [-0.4, -0.2) is 55.6 Å². The number of hydrogen-bond donors (Lipinski definition) is 1. The predicted molar refractivity (Wildman–Crippen MR) is 106 cm³/mol. The summed E-state index contributed by atoms with van der Waals surface area (Å²) in [6, 6.07) is 8.78. The summed E-state index contributed by atoms with van der Waals surface area (Å²) in [7, 11) is -2.59. The van der Waals surface area contributed by atoms with E-state index in [0.29, 0.717) is 12.8 Å². The first-order valence-corrected chi connectivity index (χ1v) is 10.7. The zero-order chi connectivity index (χ0) is 21.9. The summed E-state index contributed by atoms with van der Waals surface area (Å²) in [5.41, 5.74) is 0.252. The molecular weight excluding hydrogens is 416 g/mol. The third-order valence-electron chi connectivity index (χ3n) is 4.77. The number of rotatable bonds is 6. The second kappa shape index (κ2) is 8.88. The van der Waals surface area contributed by atoms with Gasteiger partial charge in [0.15, 0.2) is 0 Å². The molecule has 0 unspecified atom stereocenters. The van der Waals surface area contributed by atoms with Gasteiger partial charge in [0.2, 0.25) is 21.8 Å². The smallest absolute Gasteiger partial charge is 0.243 e. The lowest BCUT2D eigenvalue weighted by atomic mass is 10.2. The average molecular weight is 437 g/mol. The number of hydrogen-bond acceptors (Lipinski definition) is 4. The normalized spacial score (nSPS) is 17.0. The van der Waals surface area contributed by atoms with Crippen molar-refractivity contribution in [3.05, 3.63) is 60.2 Å². The maximum absolute atomic E-state index is 13.2. The summed E-state index contributed by atoms with van der Waals surface area (Å²) in [6.07, 6.45) is 0.801. The van der Waals surface area contributed by atoms with Gasteiger partial charge < -0.3 is 10.2 Å². The molecule has 0 saturated carbocycles. The molecule has 0 aromatic heterocycles. The highest BCUT2D eigenvalue weighted by molar-refractivity contribution is 7.89. The summed E-state index contributed by atoms with van der Waals surface area (Å²) in [5, 5.41) is 2.49. The highest BCUT2D eigenvalue weighted by atomic mass is 32.2. The van der Waals surface area contributed by atoms with Crippen LogP contribution >= 0.6 is 0 Å². The molecule has 0 aliphatic carbocycles. The summed E-state index contributed by atoms with van der Waals surface area (Å²) < 4.78 is 53.2. The Hall–Kier alpha value is -2.85. The van der Waals surface area contributed by atoms with Crippen molar-refractivity contribution in [2.24, 2.45) is 0 Å². The number of nitrogens with one attached hydrogen (secondary N) is 1. The van der Waals surface area contributed by atoms with Crippen molar-refractivity contribution in [1.29, 1.82) is 0 Å². The number of amides is 2. The number of benzene rings is 2. The van der Waals surface area contributed by atoms with Gasteiger partial charge in [0.1, 0.15) is 17.7 Å². The predicted octanol–water partition coefficient (Wildman–Crippen LogP) is 2.21. The van der Waals surface area contributed by atoms with Crippen molar-refractivity contribution < 1.29 is 26.8 Å². The summed E-state index contributed by atoms with van der Waals surface area (Å²) in [5.74, 6) is -2.13. The van der Waals surface area contributed by atoms with Crippen LogP contribution in [-0.2, 0) is 19.6 Å². The summed E-state index contributed by atoms with van der Waals surface area (Å²) in [6.45, 7) is -0.171. The minimum absolute atomic E-state index is 0.102. The van der Waals surface area contributed by atoms with Gasteiger partial charge in [0.05, 0.1) is 11.4 Å². The van der Waals surface area contributed by atoms with E-state index in [9.17, 15) is 26.8 Å².